The standard InChI is InChI=1S/C11H20FN4O13P3/c1-5-2-16(10(18)15-8(5)14)9-6(12)7(17)11(3-13,27-9)4-26-31(22,23)29-32(24,25)28-30(19,20)21/h2,6-7,9,17H,3-4,13H2,1H3,(H,22,23)(H,24,25)(H2,14,15,18)(H2,19,20,21)/t6-,7+,9?,11-/m1/s1. The lowest BCUT2D eigenvalue weighted by Crippen LogP contribution is -2.51. The fourth-order valence-electron chi connectivity index (χ4n) is 2.63. The lowest BCUT2D eigenvalue weighted by molar-refractivity contribution is -0.120. The summed E-state index contributed by atoms with van der Waals surface area (Å²) in [6.07, 6.45) is -5.21. The number of aromatic nitrogens is 2. The summed E-state index contributed by atoms with van der Waals surface area (Å²) < 4.78 is 66.2. The Bertz CT molecular complexity index is 1060. The number of nitrogens with two attached hydrogens (primary N) is 2. The summed E-state index contributed by atoms with van der Waals surface area (Å²) in [5.74, 6) is -0.141. The van der Waals surface area contributed by atoms with Crippen LogP contribution >= 0.6 is 23.5 Å². The summed E-state index contributed by atoms with van der Waals surface area (Å²) in [6.45, 7) is -0.541. The highest BCUT2D eigenvalue weighted by atomic mass is 31.3. The second-order valence-electron chi connectivity index (χ2n) is 6.53. The maximum absolute atomic E-state index is 14.8. The van der Waals surface area contributed by atoms with Gasteiger partial charge in [-0.05, 0) is 6.92 Å². The predicted octanol–water partition coefficient (Wildman–Crippen LogP) is -1.60. The van der Waals surface area contributed by atoms with Crippen molar-refractivity contribution in [3.8, 4) is 0 Å². The molecule has 2 rings (SSSR count). The van der Waals surface area contributed by atoms with E-state index in [1.54, 1.807) is 0 Å². The lowest BCUT2D eigenvalue weighted by atomic mass is 9.97. The van der Waals surface area contributed by atoms with Crippen molar-refractivity contribution in [1.29, 1.82) is 0 Å². The van der Waals surface area contributed by atoms with E-state index >= 15 is 0 Å². The smallest absolute Gasteiger partial charge is 0.387 e. The van der Waals surface area contributed by atoms with E-state index in [4.69, 9.17) is 30.9 Å². The highest BCUT2D eigenvalue weighted by molar-refractivity contribution is 7.66. The zero-order valence-electron chi connectivity index (χ0n) is 16.0. The third-order valence-electron chi connectivity index (χ3n) is 4.15. The highest BCUT2D eigenvalue weighted by Crippen LogP contribution is 2.66. The van der Waals surface area contributed by atoms with Gasteiger partial charge in [0.05, 0.1) is 6.61 Å². The molecule has 9 N–H and O–H groups in total. The van der Waals surface area contributed by atoms with Gasteiger partial charge in [0, 0.05) is 18.3 Å². The largest absolute Gasteiger partial charge is 0.490 e. The van der Waals surface area contributed by atoms with Crippen LogP contribution in [0, 0.1) is 6.92 Å². The molecule has 1 aromatic heterocycles. The molecule has 0 saturated carbocycles. The number of hydrogen-bond acceptors (Lipinski definition) is 12. The van der Waals surface area contributed by atoms with Gasteiger partial charge in [-0.3, -0.25) is 9.09 Å². The van der Waals surface area contributed by atoms with Gasteiger partial charge in [0.2, 0.25) is 0 Å². The number of anilines is 1. The van der Waals surface area contributed by atoms with Gasteiger partial charge in [-0.25, -0.2) is 22.9 Å². The van der Waals surface area contributed by atoms with E-state index in [0.29, 0.717) is 4.57 Å². The van der Waals surface area contributed by atoms with Crippen molar-refractivity contribution in [2.45, 2.75) is 31.0 Å². The van der Waals surface area contributed by atoms with Crippen LogP contribution in [0.4, 0.5) is 10.2 Å². The summed E-state index contributed by atoms with van der Waals surface area (Å²) in [4.78, 5) is 51.2. The van der Waals surface area contributed by atoms with Crippen molar-refractivity contribution >= 4 is 29.3 Å². The first-order valence-electron chi connectivity index (χ1n) is 8.25. The Morgan fingerprint density at radius 3 is 2.38 bits per heavy atom. The molecule has 6 atom stereocenters. The van der Waals surface area contributed by atoms with E-state index in [2.05, 4.69) is 18.1 Å². The molecule has 32 heavy (non-hydrogen) atoms. The Hall–Kier alpha value is -1.10. The molecule has 1 aromatic rings. The molecule has 184 valence electrons. The monoisotopic (exact) mass is 528 g/mol. The molecule has 0 radical (unpaired) electrons. The maximum atomic E-state index is 14.8. The van der Waals surface area contributed by atoms with Crippen molar-refractivity contribution in [2.75, 3.05) is 18.9 Å². The first-order valence-corrected chi connectivity index (χ1v) is 12.8. The van der Waals surface area contributed by atoms with E-state index in [1.165, 1.54) is 6.92 Å². The van der Waals surface area contributed by atoms with Gasteiger partial charge in [0.1, 0.15) is 17.5 Å². The van der Waals surface area contributed by atoms with Crippen LogP contribution in [-0.2, 0) is 31.6 Å². The Morgan fingerprint density at radius 2 is 1.84 bits per heavy atom. The third-order valence-corrected chi connectivity index (χ3v) is 7.93. The van der Waals surface area contributed by atoms with Crippen LogP contribution in [-0.4, -0.2) is 65.3 Å². The maximum Gasteiger partial charge on any atom is 0.490 e. The van der Waals surface area contributed by atoms with E-state index in [9.17, 15) is 32.9 Å². The number of phosphoric acid groups is 3. The van der Waals surface area contributed by atoms with Gasteiger partial charge in [-0.2, -0.15) is 13.6 Å². The van der Waals surface area contributed by atoms with Gasteiger partial charge in [-0.15, -0.1) is 0 Å². The number of alkyl halides is 1. The molecule has 2 heterocycles. The minimum atomic E-state index is -5.81. The summed E-state index contributed by atoms with van der Waals surface area (Å²) in [7, 11) is -17.0. The molecule has 0 amide bonds. The van der Waals surface area contributed by atoms with Gasteiger partial charge in [0.15, 0.2) is 12.4 Å². The molecular formula is C11H20FN4O13P3. The van der Waals surface area contributed by atoms with Crippen molar-refractivity contribution in [3.63, 3.8) is 0 Å². The number of aliphatic hydroxyl groups excluding tert-OH is 1. The highest BCUT2D eigenvalue weighted by Gasteiger charge is 2.57. The number of ether oxygens (including phenoxy) is 1. The van der Waals surface area contributed by atoms with Crippen LogP contribution in [0.2, 0.25) is 0 Å². The minimum Gasteiger partial charge on any atom is -0.387 e. The summed E-state index contributed by atoms with van der Waals surface area (Å²) in [5.41, 5.74) is 7.92. The second kappa shape index (κ2) is 9.27. The zero-order valence-corrected chi connectivity index (χ0v) is 18.7. The Balaban J connectivity index is 2.24. The van der Waals surface area contributed by atoms with Gasteiger partial charge >= 0.3 is 29.2 Å². The Kier molecular flexibility index (Phi) is 7.87. The topological polar surface area (TPSA) is 276 Å². The van der Waals surface area contributed by atoms with Gasteiger partial charge in [-0.1, -0.05) is 0 Å². The number of nitrogens with zero attached hydrogens (tertiary/aromatic N) is 2. The van der Waals surface area contributed by atoms with Crippen LogP contribution in [0.3, 0.4) is 0 Å². The first-order chi connectivity index (χ1) is 14.4. The Labute approximate surface area is 178 Å². The van der Waals surface area contributed by atoms with Crippen LogP contribution < -0.4 is 17.2 Å². The van der Waals surface area contributed by atoms with E-state index < -0.39 is 66.4 Å². The molecular weight excluding hydrogens is 508 g/mol. The predicted molar refractivity (Wildman–Crippen MR) is 100 cm³/mol. The van der Waals surface area contributed by atoms with Crippen molar-refractivity contribution in [2.24, 2.45) is 5.73 Å². The molecule has 1 aliphatic rings. The molecule has 3 unspecified atom stereocenters. The van der Waals surface area contributed by atoms with Crippen molar-refractivity contribution in [1.82, 2.24) is 9.55 Å². The van der Waals surface area contributed by atoms with Crippen molar-refractivity contribution in [3.05, 3.63) is 22.2 Å². The second-order valence-corrected chi connectivity index (χ2v) is 10.9. The summed E-state index contributed by atoms with van der Waals surface area (Å²) in [5, 5.41) is 10.3. The molecule has 21 heteroatoms. The van der Waals surface area contributed by atoms with Crippen LogP contribution in [0.25, 0.3) is 0 Å². The van der Waals surface area contributed by atoms with E-state index in [1.807, 2.05) is 0 Å². The number of rotatable bonds is 9. The van der Waals surface area contributed by atoms with Crippen molar-refractivity contribution < 1.29 is 60.6 Å². The number of phosphoric ester groups is 1. The molecule has 1 saturated heterocycles. The molecule has 0 spiro atoms. The van der Waals surface area contributed by atoms with Crippen LogP contribution in [0.15, 0.2) is 11.0 Å². The lowest BCUT2D eigenvalue weighted by Gasteiger charge is -2.30. The van der Waals surface area contributed by atoms with Crippen LogP contribution in [0.5, 0.6) is 0 Å². The van der Waals surface area contributed by atoms with Gasteiger partial charge < -0.3 is 40.9 Å². The summed E-state index contributed by atoms with van der Waals surface area (Å²) in [6, 6.07) is 0. The fourth-order valence-corrected chi connectivity index (χ4v) is 5.71. The number of nitrogen functional groups attached to an aromatic ring is 1. The fraction of sp³-hybridized carbons (Fsp3) is 0.636. The average Bonchev–Trinajstić information content (AvgIpc) is 2.85. The molecule has 0 aliphatic carbocycles. The third kappa shape index (κ3) is 6.27. The zero-order chi connectivity index (χ0) is 24.7. The van der Waals surface area contributed by atoms with E-state index in [-0.39, 0.29) is 11.4 Å². The van der Waals surface area contributed by atoms with Crippen LogP contribution in [0.1, 0.15) is 11.8 Å². The molecule has 1 aliphatic heterocycles. The van der Waals surface area contributed by atoms with E-state index in [0.717, 1.165) is 6.20 Å². The molecule has 0 aromatic carbocycles. The quantitative estimate of drug-likeness (QED) is 0.178. The molecule has 0 bridgehead atoms. The number of aryl methyl sites for hydroxylation is 1. The SMILES string of the molecule is Cc1cn(C2O[C@](CN)(COP(=O)(O)OP(=O)(O)OP(=O)(O)O)[C@@H](O)[C@H]2F)c(=O)nc1N. The Morgan fingerprint density at radius 1 is 1.25 bits per heavy atom. The molecule has 1 fully saturated rings. The average molecular weight is 528 g/mol. The molecule has 17 nitrogen and oxygen atoms in total. The number of hydrogen-bond donors (Lipinski definition) is 7. The normalized spacial score (nSPS) is 30.1. The number of halogens is 1. The first kappa shape index (κ1) is 27.1. The van der Waals surface area contributed by atoms with Gasteiger partial charge in [0.25, 0.3) is 0 Å². The number of aliphatic hydroxyl groups is 1. The summed E-state index contributed by atoms with van der Waals surface area (Å²) >= 11 is 0. The minimum absolute atomic E-state index is 0.141.